The summed E-state index contributed by atoms with van der Waals surface area (Å²) in [6, 6.07) is 7.81. The molecule has 6 heteroatoms. The van der Waals surface area contributed by atoms with E-state index in [0.29, 0.717) is 0 Å². The average molecular weight is 300 g/mol. The minimum atomic E-state index is -0.375. The number of thiophene rings is 1. The lowest BCUT2D eigenvalue weighted by Crippen LogP contribution is -2.33. The summed E-state index contributed by atoms with van der Waals surface area (Å²) in [5, 5.41) is 10.4. The van der Waals surface area contributed by atoms with Gasteiger partial charge in [-0.15, -0.1) is 11.3 Å². The number of aromatic nitrogens is 3. The molecule has 0 fully saturated rings. The predicted octanol–water partition coefficient (Wildman–Crippen LogP) is 2.93. The molecule has 2 heterocycles. The van der Waals surface area contributed by atoms with Crippen molar-refractivity contribution >= 4 is 27.3 Å². The zero-order chi connectivity index (χ0) is 14.8. The molecule has 3 aromatic rings. The van der Waals surface area contributed by atoms with Crippen molar-refractivity contribution in [2.24, 2.45) is 0 Å². The highest BCUT2D eigenvalue weighted by atomic mass is 32.1. The summed E-state index contributed by atoms with van der Waals surface area (Å²) < 4.78 is 2.78. The van der Waals surface area contributed by atoms with Gasteiger partial charge in [-0.2, -0.15) is 5.10 Å². The van der Waals surface area contributed by atoms with Gasteiger partial charge in [-0.1, -0.05) is 18.2 Å². The van der Waals surface area contributed by atoms with Crippen molar-refractivity contribution in [2.75, 3.05) is 0 Å². The molecule has 0 bridgehead atoms. The molecule has 2 aromatic heterocycles. The molecule has 0 radical (unpaired) electrons. The van der Waals surface area contributed by atoms with Crippen LogP contribution in [0.2, 0.25) is 0 Å². The third-order valence-corrected chi connectivity index (χ3v) is 4.53. The minimum Gasteiger partial charge on any atom is -0.348 e. The molecule has 0 saturated heterocycles. The van der Waals surface area contributed by atoms with Crippen molar-refractivity contribution in [3.63, 3.8) is 0 Å². The molecule has 0 saturated carbocycles. The van der Waals surface area contributed by atoms with Gasteiger partial charge in [0.2, 0.25) is 5.91 Å². The molecule has 108 valence electrons. The Kier molecular flexibility index (Phi) is 3.70. The maximum absolute atomic E-state index is 12.3. The molecular weight excluding hydrogens is 284 g/mol. The first kappa shape index (κ1) is 13.8. The highest BCUT2D eigenvalue weighted by molar-refractivity contribution is 7.17. The van der Waals surface area contributed by atoms with Crippen molar-refractivity contribution < 1.29 is 4.79 Å². The van der Waals surface area contributed by atoms with Gasteiger partial charge in [0.15, 0.2) is 0 Å². The van der Waals surface area contributed by atoms with Crippen molar-refractivity contribution in [1.29, 1.82) is 0 Å². The van der Waals surface area contributed by atoms with Crippen LogP contribution in [0.3, 0.4) is 0 Å². The fourth-order valence-corrected chi connectivity index (χ4v) is 3.34. The van der Waals surface area contributed by atoms with Crippen LogP contribution in [-0.4, -0.2) is 20.7 Å². The second-order valence-electron chi connectivity index (χ2n) is 4.97. The van der Waals surface area contributed by atoms with Crippen LogP contribution < -0.4 is 5.32 Å². The Bertz CT molecular complexity index is 750. The molecule has 2 unspecified atom stereocenters. The molecule has 1 aromatic carbocycles. The average Bonchev–Trinajstić information content (AvgIpc) is 3.15. The molecule has 21 heavy (non-hydrogen) atoms. The van der Waals surface area contributed by atoms with E-state index in [2.05, 4.69) is 32.9 Å². The van der Waals surface area contributed by atoms with Crippen LogP contribution in [0, 0.1) is 0 Å². The van der Waals surface area contributed by atoms with Crippen molar-refractivity contribution in [3.05, 3.63) is 47.9 Å². The number of hydrogen-bond acceptors (Lipinski definition) is 4. The second-order valence-corrected chi connectivity index (χ2v) is 5.88. The van der Waals surface area contributed by atoms with E-state index in [1.807, 2.05) is 26.0 Å². The number of nitrogens with zero attached hydrogens (tertiary/aromatic N) is 3. The van der Waals surface area contributed by atoms with Crippen LogP contribution in [0.1, 0.15) is 31.5 Å². The third kappa shape index (κ3) is 2.67. The van der Waals surface area contributed by atoms with Crippen LogP contribution in [-0.2, 0) is 4.79 Å². The maximum Gasteiger partial charge on any atom is 0.245 e. The zero-order valence-electron chi connectivity index (χ0n) is 11.9. The summed E-state index contributed by atoms with van der Waals surface area (Å²) in [6.07, 6.45) is 2.98. The van der Waals surface area contributed by atoms with E-state index in [0.717, 1.165) is 5.56 Å². The minimum absolute atomic E-state index is 0.0420. The summed E-state index contributed by atoms with van der Waals surface area (Å²) >= 11 is 1.70. The third-order valence-electron chi connectivity index (χ3n) is 3.55. The van der Waals surface area contributed by atoms with E-state index in [9.17, 15) is 4.79 Å². The van der Waals surface area contributed by atoms with Gasteiger partial charge in [0, 0.05) is 4.70 Å². The SMILES string of the molecule is CC(NC(=O)C(C)n1cncn1)c1csc2ccccc12. The number of amides is 1. The molecular formula is C15H16N4OS. The maximum atomic E-state index is 12.3. The van der Waals surface area contributed by atoms with Gasteiger partial charge in [0.25, 0.3) is 0 Å². The second kappa shape index (κ2) is 5.65. The number of carbonyl (C=O) groups is 1. The summed E-state index contributed by atoms with van der Waals surface area (Å²) in [6.45, 7) is 3.81. The van der Waals surface area contributed by atoms with Gasteiger partial charge < -0.3 is 5.32 Å². The topological polar surface area (TPSA) is 59.8 Å². The van der Waals surface area contributed by atoms with Crippen molar-refractivity contribution in [2.45, 2.75) is 25.9 Å². The van der Waals surface area contributed by atoms with Crippen molar-refractivity contribution in [3.8, 4) is 0 Å². The summed E-state index contributed by atoms with van der Waals surface area (Å²) in [5.41, 5.74) is 1.15. The first-order valence-corrected chi connectivity index (χ1v) is 7.65. The highest BCUT2D eigenvalue weighted by Gasteiger charge is 2.19. The molecule has 5 nitrogen and oxygen atoms in total. The molecule has 1 amide bonds. The number of hydrogen-bond donors (Lipinski definition) is 1. The molecule has 1 N–H and O–H groups in total. The van der Waals surface area contributed by atoms with Gasteiger partial charge in [-0.05, 0) is 36.2 Å². The fourth-order valence-electron chi connectivity index (χ4n) is 2.28. The first-order chi connectivity index (χ1) is 10.2. The molecule has 2 atom stereocenters. The Morgan fingerprint density at radius 1 is 1.33 bits per heavy atom. The van der Waals surface area contributed by atoms with Crippen LogP contribution in [0.4, 0.5) is 0 Å². The number of fused-ring (bicyclic) bond motifs is 1. The monoisotopic (exact) mass is 300 g/mol. The van der Waals surface area contributed by atoms with Gasteiger partial charge in [-0.3, -0.25) is 4.79 Å². The van der Waals surface area contributed by atoms with Crippen LogP contribution in [0.5, 0.6) is 0 Å². The van der Waals surface area contributed by atoms with Crippen LogP contribution in [0.25, 0.3) is 10.1 Å². The lowest BCUT2D eigenvalue weighted by atomic mass is 10.1. The van der Waals surface area contributed by atoms with Gasteiger partial charge in [0.05, 0.1) is 6.04 Å². The Morgan fingerprint density at radius 2 is 2.14 bits per heavy atom. The van der Waals surface area contributed by atoms with E-state index < -0.39 is 0 Å². The standard InChI is InChI=1S/C15H16N4OS/c1-10(13-7-21-14-6-4-3-5-12(13)14)18-15(20)11(2)19-9-16-8-17-19/h3-11H,1-2H3,(H,18,20). The predicted molar refractivity (Wildman–Crippen MR) is 83.1 cm³/mol. The Balaban J connectivity index is 1.77. The highest BCUT2D eigenvalue weighted by Crippen LogP contribution is 2.30. The molecule has 0 aliphatic heterocycles. The van der Waals surface area contributed by atoms with E-state index >= 15 is 0 Å². The Morgan fingerprint density at radius 3 is 2.90 bits per heavy atom. The lowest BCUT2D eigenvalue weighted by molar-refractivity contribution is -0.124. The number of carbonyl (C=O) groups excluding carboxylic acids is 1. The fraction of sp³-hybridized carbons (Fsp3) is 0.267. The van der Waals surface area contributed by atoms with E-state index in [1.165, 1.54) is 16.4 Å². The molecule has 0 aliphatic rings. The van der Waals surface area contributed by atoms with E-state index in [4.69, 9.17) is 0 Å². The van der Waals surface area contributed by atoms with Crippen LogP contribution in [0.15, 0.2) is 42.3 Å². The number of benzene rings is 1. The van der Waals surface area contributed by atoms with Gasteiger partial charge in [0.1, 0.15) is 18.7 Å². The van der Waals surface area contributed by atoms with E-state index in [1.54, 1.807) is 22.3 Å². The van der Waals surface area contributed by atoms with Gasteiger partial charge in [-0.25, -0.2) is 9.67 Å². The number of rotatable bonds is 4. The zero-order valence-corrected chi connectivity index (χ0v) is 12.7. The molecule has 0 spiro atoms. The largest absolute Gasteiger partial charge is 0.348 e. The van der Waals surface area contributed by atoms with Crippen LogP contribution >= 0.6 is 11.3 Å². The smallest absolute Gasteiger partial charge is 0.245 e. The quantitative estimate of drug-likeness (QED) is 0.806. The summed E-state index contributed by atoms with van der Waals surface area (Å²) in [5.74, 6) is -0.0664. The Labute approximate surface area is 126 Å². The first-order valence-electron chi connectivity index (χ1n) is 6.77. The lowest BCUT2D eigenvalue weighted by Gasteiger charge is -2.17. The number of nitrogens with one attached hydrogen (secondary N) is 1. The molecule has 3 rings (SSSR count). The van der Waals surface area contributed by atoms with Gasteiger partial charge >= 0.3 is 0 Å². The molecule has 0 aliphatic carbocycles. The Hall–Kier alpha value is -2.21. The normalized spacial score (nSPS) is 14.0. The van der Waals surface area contributed by atoms with Crippen molar-refractivity contribution in [1.82, 2.24) is 20.1 Å². The van der Waals surface area contributed by atoms with E-state index in [-0.39, 0.29) is 18.0 Å². The summed E-state index contributed by atoms with van der Waals surface area (Å²) in [7, 11) is 0. The summed E-state index contributed by atoms with van der Waals surface area (Å²) in [4.78, 5) is 16.2.